The summed E-state index contributed by atoms with van der Waals surface area (Å²) in [6.45, 7) is 0. The van der Waals surface area contributed by atoms with Crippen LogP contribution in [0.15, 0.2) is 36.4 Å². The van der Waals surface area contributed by atoms with Gasteiger partial charge in [-0.1, -0.05) is 47.5 Å². The highest BCUT2D eigenvalue weighted by atomic mass is 35.5. The van der Waals surface area contributed by atoms with Crippen LogP contribution in [0.5, 0.6) is 0 Å². The van der Waals surface area contributed by atoms with Gasteiger partial charge in [0.1, 0.15) is 0 Å². The SMILES string of the molecule is O=C1c2ccccc2C[C@@H]1[C@]1(O)C(=O)Nc2c(Cl)cc(Cl)cc21. The summed E-state index contributed by atoms with van der Waals surface area (Å²) in [4.78, 5) is 25.2. The number of carbonyl (C=O) groups excluding carboxylic acids is 2. The van der Waals surface area contributed by atoms with E-state index in [0.717, 1.165) is 5.56 Å². The molecule has 0 bridgehead atoms. The van der Waals surface area contributed by atoms with Crippen molar-refractivity contribution in [3.63, 3.8) is 0 Å². The first-order valence-electron chi connectivity index (χ1n) is 7.08. The zero-order chi connectivity index (χ0) is 16.4. The van der Waals surface area contributed by atoms with Gasteiger partial charge in [0.05, 0.1) is 16.6 Å². The summed E-state index contributed by atoms with van der Waals surface area (Å²) in [5.41, 5.74) is -0.0379. The number of ketones is 1. The Morgan fingerprint density at radius 3 is 2.65 bits per heavy atom. The van der Waals surface area contributed by atoms with Gasteiger partial charge in [0, 0.05) is 16.1 Å². The number of anilines is 1. The molecule has 2 aromatic rings. The lowest BCUT2D eigenvalue weighted by atomic mass is 9.80. The van der Waals surface area contributed by atoms with Gasteiger partial charge in [-0.15, -0.1) is 0 Å². The molecule has 0 saturated carbocycles. The van der Waals surface area contributed by atoms with Gasteiger partial charge in [-0.25, -0.2) is 0 Å². The molecular formula is C17H11Cl2NO3. The molecular weight excluding hydrogens is 337 g/mol. The van der Waals surface area contributed by atoms with E-state index < -0.39 is 17.4 Å². The maximum absolute atomic E-state index is 12.7. The molecule has 1 aliphatic carbocycles. The fraction of sp³-hybridized carbons (Fsp3) is 0.176. The van der Waals surface area contributed by atoms with Gasteiger partial charge >= 0.3 is 0 Å². The van der Waals surface area contributed by atoms with E-state index in [-0.39, 0.29) is 16.4 Å². The lowest BCUT2D eigenvalue weighted by Crippen LogP contribution is -2.44. The Labute approximate surface area is 142 Å². The number of Topliss-reactive ketones (excluding diaryl/α,β-unsaturated/α-hetero) is 1. The van der Waals surface area contributed by atoms with Crippen LogP contribution in [0.25, 0.3) is 0 Å². The molecule has 2 atom stereocenters. The van der Waals surface area contributed by atoms with Gasteiger partial charge in [-0.3, -0.25) is 9.59 Å². The van der Waals surface area contributed by atoms with E-state index in [9.17, 15) is 14.7 Å². The third kappa shape index (κ3) is 1.89. The van der Waals surface area contributed by atoms with Crippen molar-refractivity contribution in [2.45, 2.75) is 12.0 Å². The summed E-state index contributed by atoms with van der Waals surface area (Å²) in [6.07, 6.45) is 0.294. The lowest BCUT2D eigenvalue weighted by Gasteiger charge is -2.26. The van der Waals surface area contributed by atoms with E-state index in [2.05, 4.69) is 5.32 Å². The Kier molecular flexibility index (Phi) is 3.07. The van der Waals surface area contributed by atoms with Gasteiger partial charge in [-0.05, 0) is 24.1 Å². The molecule has 0 radical (unpaired) electrons. The van der Waals surface area contributed by atoms with Crippen LogP contribution in [0.4, 0.5) is 5.69 Å². The maximum Gasteiger partial charge on any atom is 0.261 e. The van der Waals surface area contributed by atoms with E-state index in [4.69, 9.17) is 23.2 Å². The number of fused-ring (bicyclic) bond motifs is 2. The average molecular weight is 348 g/mol. The number of benzene rings is 2. The predicted molar refractivity (Wildman–Crippen MR) is 87.0 cm³/mol. The molecule has 1 heterocycles. The largest absolute Gasteiger partial charge is 0.375 e. The number of halogens is 2. The van der Waals surface area contributed by atoms with Gasteiger partial charge in [0.2, 0.25) is 0 Å². The van der Waals surface area contributed by atoms with Crippen LogP contribution in [0.3, 0.4) is 0 Å². The number of hydrogen-bond donors (Lipinski definition) is 2. The van der Waals surface area contributed by atoms with Crippen LogP contribution in [-0.2, 0) is 16.8 Å². The summed E-state index contributed by atoms with van der Waals surface area (Å²) >= 11 is 12.1. The van der Waals surface area contributed by atoms with E-state index in [0.29, 0.717) is 22.7 Å². The van der Waals surface area contributed by atoms with E-state index in [1.165, 1.54) is 12.1 Å². The first-order valence-corrected chi connectivity index (χ1v) is 7.84. The van der Waals surface area contributed by atoms with Crippen LogP contribution in [0.2, 0.25) is 10.0 Å². The van der Waals surface area contributed by atoms with E-state index >= 15 is 0 Å². The molecule has 2 aromatic carbocycles. The van der Waals surface area contributed by atoms with Crippen LogP contribution in [-0.4, -0.2) is 16.8 Å². The highest BCUT2D eigenvalue weighted by molar-refractivity contribution is 6.38. The third-order valence-corrected chi connectivity index (χ3v) is 5.09. The van der Waals surface area contributed by atoms with Gasteiger partial charge in [0.15, 0.2) is 11.4 Å². The van der Waals surface area contributed by atoms with Crippen molar-refractivity contribution in [2.75, 3.05) is 5.32 Å². The fourth-order valence-electron chi connectivity index (χ4n) is 3.45. The number of aliphatic hydroxyl groups is 1. The van der Waals surface area contributed by atoms with Crippen molar-refractivity contribution in [2.24, 2.45) is 5.92 Å². The van der Waals surface area contributed by atoms with E-state index in [1.807, 2.05) is 12.1 Å². The number of rotatable bonds is 1. The molecule has 0 aromatic heterocycles. The predicted octanol–water partition coefficient (Wildman–Crippen LogP) is 3.19. The normalized spacial score (nSPS) is 25.3. The molecule has 2 aliphatic rings. The smallest absolute Gasteiger partial charge is 0.261 e. The fourth-order valence-corrected chi connectivity index (χ4v) is 4.00. The standard InChI is InChI=1S/C17H11Cl2NO3/c18-9-6-11-14(13(19)7-9)20-16(22)17(11,23)12-5-8-3-1-2-4-10(8)15(12)21/h1-4,6-7,12,23H,5H2,(H,20,22)/t12-,17-/m0/s1. The van der Waals surface area contributed by atoms with Crippen molar-refractivity contribution in [3.8, 4) is 0 Å². The Morgan fingerprint density at radius 2 is 1.91 bits per heavy atom. The van der Waals surface area contributed by atoms with Crippen molar-refractivity contribution >= 4 is 40.6 Å². The maximum atomic E-state index is 12.7. The average Bonchev–Trinajstić information content (AvgIpc) is 2.98. The van der Waals surface area contributed by atoms with Crippen molar-refractivity contribution in [1.29, 1.82) is 0 Å². The monoisotopic (exact) mass is 347 g/mol. The summed E-state index contributed by atoms with van der Waals surface area (Å²) in [5, 5.41) is 14.3. The second kappa shape index (κ2) is 4.81. The molecule has 0 fully saturated rings. The van der Waals surface area contributed by atoms with Crippen molar-refractivity contribution in [3.05, 3.63) is 63.1 Å². The minimum absolute atomic E-state index is 0.236. The van der Waals surface area contributed by atoms with Crippen LogP contribution in [0.1, 0.15) is 21.5 Å². The lowest BCUT2D eigenvalue weighted by molar-refractivity contribution is -0.137. The molecule has 0 unspecified atom stereocenters. The number of carbonyl (C=O) groups is 2. The molecule has 6 heteroatoms. The quantitative estimate of drug-likeness (QED) is 0.832. The molecule has 116 valence electrons. The second-order valence-electron chi connectivity index (χ2n) is 5.81. The Morgan fingerprint density at radius 1 is 1.17 bits per heavy atom. The Bertz CT molecular complexity index is 880. The molecule has 4 nitrogen and oxygen atoms in total. The zero-order valence-electron chi connectivity index (χ0n) is 11.8. The minimum atomic E-state index is -1.97. The molecule has 23 heavy (non-hydrogen) atoms. The molecule has 1 aliphatic heterocycles. The first kappa shape index (κ1) is 14.7. The molecule has 0 spiro atoms. The van der Waals surface area contributed by atoms with Crippen LogP contribution in [0, 0.1) is 5.92 Å². The first-order chi connectivity index (χ1) is 10.9. The summed E-state index contributed by atoms with van der Waals surface area (Å²) in [7, 11) is 0. The second-order valence-corrected chi connectivity index (χ2v) is 6.65. The highest BCUT2D eigenvalue weighted by Gasteiger charge is 2.56. The van der Waals surface area contributed by atoms with Gasteiger partial charge < -0.3 is 10.4 Å². The highest BCUT2D eigenvalue weighted by Crippen LogP contribution is 2.49. The number of nitrogens with one attached hydrogen (secondary N) is 1. The van der Waals surface area contributed by atoms with Crippen LogP contribution < -0.4 is 5.32 Å². The zero-order valence-corrected chi connectivity index (χ0v) is 13.3. The van der Waals surface area contributed by atoms with Gasteiger partial charge in [-0.2, -0.15) is 0 Å². The molecule has 1 amide bonds. The minimum Gasteiger partial charge on any atom is -0.375 e. The van der Waals surface area contributed by atoms with Crippen molar-refractivity contribution < 1.29 is 14.7 Å². The van der Waals surface area contributed by atoms with Gasteiger partial charge in [0.25, 0.3) is 5.91 Å². The van der Waals surface area contributed by atoms with Crippen LogP contribution >= 0.6 is 23.2 Å². The number of amides is 1. The third-order valence-electron chi connectivity index (χ3n) is 4.58. The number of hydrogen-bond acceptors (Lipinski definition) is 3. The Balaban J connectivity index is 1.88. The summed E-state index contributed by atoms with van der Waals surface area (Å²) < 4.78 is 0. The Hall–Kier alpha value is -1.88. The van der Waals surface area contributed by atoms with Crippen molar-refractivity contribution in [1.82, 2.24) is 0 Å². The summed E-state index contributed by atoms with van der Waals surface area (Å²) in [5.74, 6) is -1.79. The molecule has 0 saturated heterocycles. The molecule has 2 N–H and O–H groups in total. The van der Waals surface area contributed by atoms with E-state index in [1.54, 1.807) is 12.1 Å². The molecule has 4 rings (SSSR count). The topological polar surface area (TPSA) is 66.4 Å². The summed E-state index contributed by atoms with van der Waals surface area (Å²) in [6, 6.07) is 10.1.